The molecule has 0 aliphatic carbocycles. The number of hydrogen-bond donors (Lipinski definition) is 0. The van der Waals surface area contributed by atoms with E-state index in [4.69, 9.17) is 0 Å². The Bertz CT molecular complexity index is 262. The van der Waals surface area contributed by atoms with E-state index in [2.05, 4.69) is 48.1 Å². The highest BCUT2D eigenvalue weighted by Crippen LogP contribution is 2.15. The fourth-order valence-corrected chi connectivity index (χ4v) is 1.86. The fourth-order valence-electron chi connectivity index (χ4n) is 1.11. The fraction of sp³-hybridized carbons (Fsp3) is 0.400. The summed E-state index contributed by atoms with van der Waals surface area (Å²) >= 11 is 0. The third-order valence-corrected chi connectivity index (χ3v) is 2.39. The van der Waals surface area contributed by atoms with E-state index in [1.807, 2.05) is 6.07 Å². The maximum Gasteiger partial charge on any atom is 0.0789 e. The van der Waals surface area contributed by atoms with Crippen LogP contribution in [0.2, 0.25) is 0 Å². The van der Waals surface area contributed by atoms with Crippen molar-refractivity contribution in [2.45, 2.75) is 13.0 Å². The molecular formula is C10H15NS. The Balaban J connectivity index is 2.79. The summed E-state index contributed by atoms with van der Waals surface area (Å²) in [6.07, 6.45) is 4.28. The highest BCUT2D eigenvalue weighted by atomic mass is 32.2. The molecule has 0 amide bonds. The normalized spacial score (nSPS) is 13.0. The first-order valence-corrected chi connectivity index (χ1v) is 6.03. The first kappa shape index (κ1) is 9.46. The van der Waals surface area contributed by atoms with Crippen LogP contribution in [0.1, 0.15) is 18.5 Å². The topological polar surface area (TPSA) is 12.4 Å². The molecule has 12 heavy (non-hydrogen) atoms. The lowest BCUT2D eigenvalue weighted by Gasteiger charge is -2.06. The second-order valence-electron chi connectivity index (χ2n) is 2.97. The lowest BCUT2D eigenvalue weighted by atomic mass is 10.1. The standard InChI is InChI=1S/C10H15NS/c1-9(11-12(2)3)10-7-5-4-6-8-10/h4-9H,1-3H3. The molecule has 1 rings (SSSR count). The van der Waals surface area contributed by atoms with Gasteiger partial charge in [-0.15, -0.1) is 10.7 Å². The lowest BCUT2D eigenvalue weighted by Crippen LogP contribution is -1.91. The minimum absolute atomic E-state index is 0.179. The van der Waals surface area contributed by atoms with Crippen LogP contribution in [-0.4, -0.2) is 12.5 Å². The molecule has 0 saturated heterocycles. The maximum atomic E-state index is 4.58. The van der Waals surface area contributed by atoms with Gasteiger partial charge in [0.15, 0.2) is 0 Å². The quantitative estimate of drug-likeness (QED) is 0.665. The molecular weight excluding hydrogens is 166 g/mol. The Kier molecular flexibility index (Phi) is 3.48. The molecule has 1 aromatic rings. The van der Waals surface area contributed by atoms with Crippen molar-refractivity contribution in [2.75, 3.05) is 12.5 Å². The largest absolute Gasteiger partial charge is 0.258 e. The SMILES string of the molecule is CC(N=S(C)C)c1ccccc1. The molecule has 1 nitrogen and oxygen atoms in total. The molecule has 0 saturated carbocycles. The molecule has 1 aromatic carbocycles. The van der Waals surface area contributed by atoms with E-state index in [9.17, 15) is 0 Å². The summed E-state index contributed by atoms with van der Waals surface area (Å²) in [5.41, 5.74) is 1.30. The van der Waals surface area contributed by atoms with E-state index in [1.54, 1.807) is 0 Å². The van der Waals surface area contributed by atoms with E-state index >= 15 is 0 Å². The Morgan fingerprint density at radius 3 is 2.25 bits per heavy atom. The van der Waals surface area contributed by atoms with Crippen LogP contribution in [0.25, 0.3) is 0 Å². The van der Waals surface area contributed by atoms with E-state index in [1.165, 1.54) is 5.56 Å². The Morgan fingerprint density at radius 2 is 1.75 bits per heavy atom. The van der Waals surface area contributed by atoms with Gasteiger partial charge in [0.2, 0.25) is 0 Å². The van der Waals surface area contributed by atoms with Crippen LogP contribution in [0, 0.1) is 0 Å². The number of rotatable bonds is 2. The van der Waals surface area contributed by atoms with Gasteiger partial charge in [-0.05, 0) is 25.0 Å². The summed E-state index contributed by atoms with van der Waals surface area (Å²) in [6.45, 7) is 2.14. The van der Waals surface area contributed by atoms with Gasteiger partial charge >= 0.3 is 0 Å². The molecule has 1 unspecified atom stereocenters. The van der Waals surface area contributed by atoms with Crippen LogP contribution in [0.15, 0.2) is 34.7 Å². The zero-order chi connectivity index (χ0) is 8.97. The first-order valence-electron chi connectivity index (χ1n) is 4.03. The summed E-state index contributed by atoms with van der Waals surface area (Å²) in [6, 6.07) is 10.7. The molecule has 0 spiro atoms. The van der Waals surface area contributed by atoms with Crippen molar-refractivity contribution in [1.29, 1.82) is 0 Å². The van der Waals surface area contributed by atoms with Gasteiger partial charge in [-0.1, -0.05) is 30.3 Å². The predicted octanol–water partition coefficient (Wildman–Crippen LogP) is 2.81. The van der Waals surface area contributed by atoms with E-state index < -0.39 is 0 Å². The van der Waals surface area contributed by atoms with Crippen molar-refractivity contribution in [3.05, 3.63) is 35.9 Å². The zero-order valence-electron chi connectivity index (χ0n) is 7.82. The van der Waals surface area contributed by atoms with Gasteiger partial charge < -0.3 is 0 Å². The number of nitrogens with zero attached hydrogens (tertiary/aromatic N) is 1. The molecule has 0 N–H and O–H groups in total. The molecule has 2 heteroatoms. The van der Waals surface area contributed by atoms with Gasteiger partial charge in [-0.3, -0.25) is 4.36 Å². The van der Waals surface area contributed by atoms with Gasteiger partial charge in [0.25, 0.3) is 0 Å². The number of hydrogen-bond acceptors (Lipinski definition) is 1. The monoisotopic (exact) mass is 181 g/mol. The van der Waals surface area contributed by atoms with Crippen LogP contribution in [-0.2, 0) is 10.7 Å². The highest BCUT2D eigenvalue weighted by Gasteiger charge is 2.00. The van der Waals surface area contributed by atoms with Crippen LogP contribution in [0.4, 0.5) is 0 Å². The molecule has 0 heterocycles. The minimum Gasteiger partial charge on any atom is -0.258 e. The van der Waals surface area contributed by atoms with Crippen molar-refractivity contribution in [3.8, 4) is 0 Å². The van der Waals surface area contributed by atoms with Gasteiger partial charge in [0.05, 0.1) is 6.04 Å². The third kappa shape index (κ3) is 2.78. The summed E-state index contributed by atoms with van der Waals surface area (Å²) < 4.78 is 4.58. The first-order chi connectivity index (χ1) is 5.70. The van der Waals surface area contributed by atoms with E-state index in [0.717, 1.165) is 0 Å². The maximum absolute atomic E-state index is 4.58. The Hall–Kier alpha value is -0.630. The summed E-state index contributed by atoms with van der Waals surface area (Å²) in [5, 5.41) is 0. The number of benzene rings is 1. The van der Waals surface area contributed by atoms with Gasteiger partial charge in [-0.2, -0.15) is 0 Å². The van der Waals surface area contributed by atoms with Crippen molar-refractivity contribution < 1.29 is 0 Å². The molecule has 0 aliphatic rings. The highest BCUT2D eigenvalue weighted by molar-refractivity contribution is 7.85. The zero-order valence-corrected chi connectivity index (χ0v) is 8.64. The van der Waals surface area contributed by atoms with E-state index in [-0.39, 0.29) is 10.7 Å². The van der Waals surface area contributed by atoms with Crippen molar-refractivity contribution in [2.24, 2.45) is 4.36 Å². The Morgan fingerprint density at radius 1 is 1.17 bits per heavy atom. The lowest BCUT2D eigenvalue weighted by molar-refractivity contribution is 0.834. The summed E-state index contributed by atoms with van der Waals surface area (Å²) in [7, 11) is 0.179. The summed E-state index contributed by atoms with van der Waals surface area (Å²) in [4.78, 5) is 0. The molecule has 0 bridgehead atoms. The molecule has 0 fully saturated rings. The minimum atomic E-state index is 0.179. The molecule has 0 aromatic heterocycles. The second-order valence-corrected chi connectivity index (χ2v) is 4.72. The van der Waals surface area contributed by atoms with Crippen molar-refractivity contribution in [3.63, 3.8) is 0 Å². The smallest absolute Gasteiger partial charge is 0.0789 e. The third-order valence-electron chi connectivity index (χ3n) is 1.65. The van der Waals surface area contributed by atoms with Crippen molar-refractivity contribution in [1.82, 2.24) is 0 Å². The second kappa shape index (κ2) is 4.41. The van der Waals surface area contributed by atoms with Gasteiger partial charge in [-0.25, -0.2) is 0 Å². The molecule has 1 atom stereocenters. The van der Waals surface area contributed by atoms with Crippen LogP contribution in [0.5, 0.6) is 0 Å². The average molecular weight is 181 g/mol. The van der Waals surface area contributed by atoms with Crippen molar-refractivity contribution >= 4 is 10.7 Å². The molecule has 66 valence electrons. The van der Waals surface area contributed by atoms with Gasteiger partial charge in [0.1, 0.15) is 0 Å². The Labute approximate surface area is 76.9 Å². The van der Waals surface area contributed by atoms with Crippen LogP contribution >= 0.6 is 0 Å². The molecule has 0 aliphatic heterocycles. The summed E-state index contributed by atoms with van der Waals surface area (Å²) in [5.74, 6) is 0. The van der Waals surface area contributed by atoms with Gasteiger partial charge in [0, 0.05) is 0 Å². The predicted molar refractivity (Wildman–Crippen MR) is 56.5 cm³/mol. The average Bonchev–Trinajstić information content (AvgIpc) is 2.05. The molecule has 0 radical (unpaired) electrons. The van der Waals surface area contributed by atoms with Crippen LogP contribution in [0.3, 0.4) is 0 Å². The van der Waals surface area contributed by atoms with E-state index in [0.29, 0.717) is 6.04 Å². The van der Waals surface area contributed by atoms with Crippen LogP contribution < -0.4 is 0 Å².